The fourth-order valence-electron chi connectivity index (χ4n) is 2.51. The zero-order chi connectivity index (χ0) is 10.8. The molecule has 14 heavy (non-hydrogen) atoms. The standard InChI is InChI=1S/C9H17N.C2H6.C2H2/c1-2-4-9-7-10-6-5-8(9)3-1;2*1-2/h8-10H,1-7H2;1-2H3;1-2H. The number of nitrogens with one attached hydrogen (secondary N) is 1. The molecular formula is C13H25N. The van der Waals surface area contributed by atoms with Gasteiger partial charge in [-0.1, -0.05) is 33.1 Å². The molecule has 1 heterocycles. The van der Waals surface area contributed by atoms with Crippen LogP contribution in [-0.2, 0) is 0 Å². The minimum Gasteiger partial charge on any atom is -0.316 e. The van der Waals surface area contributed by atoms with Crippen LogP contribution in [-0.4, -0.2) is 13.1 Å². The van der Waals surface area contributed by atoms with Crippen LogP contribution in [0.3, 0.4) is 0 Å². The summed E-state index contributed by atoms with van der Waals surface area (Å²) >= 11 is 0. The van der Waals surface area contributed by atoms with Crippen LogP contribution in [0.15, 0.2) is 0 Å². The molecule has 2 rings (SSSR count). The van der Waals surface area contributed by atoms with Crippen molar-refractivity contribution in [1.29, 1.82) is 0 Å². The predicted octanol–water partition coefficient (Wildman–Crippen LogP) is 3.06. The van der Waals surface area contributed by atoms with E-state index in [1.165, 1.54) is 45.2 Å². The Morgan fingerprint density at radius 3 is 2.07 bits per heavy atom. The van der Waals surface area contributed by atoms with Gasteiger partial charge in [0.05, 0.1) is 0 Å². The molecule has 82 valence electrons. The molecule has 1 aliphatic heterocycles. The van der Waals surface area contributed by atoms with Gasteiger partial charge in [-0.15, -0.1) is 12.8 Å². The third kappa shape index (κ3) is 4.15. The Morgan fingerprint density at radius 2 is 1.50 bits per heavy atom. The highest BCUT2D eigenvalue weighted by atomic mass is 14.9. The number of piperidine rings is 1. The van der Waals surface area contributed by atoms with Gasteiger partial charge in [0.2, 0.25) is 0 Å². The molecule has 2 fully saturated rings. The molecule has 0 aromatic carbocycles. The fourth-order valence-corrected chi connectivity index (χ4v) is 2.51. The maximum absolute atomic E-state index is 4.00. The average Bonchev–Trinajstić information content (AvgIpc) is 2.34. The molecule has 1 saturated carbocycles. The zero-order valence-corrected chi connectivity index (χ0v) is 9.76. The minimum absolute atomic E-state index is 1.04. The molecule has 1 aliphatic carbocycles. The Labute approximate surface area is 89.7 Å². The third-order valence-electron chi connectivity index (χ3n) is 3.16. The third-order valence-corrected chi connectivity index (χ3v) is 3.16. The summed E-state index contributed by atoms with van der Waals surface area (Å²) in [6.07, 6.45) is 15.5. The molecule has 1 saturated heterocycles. The van der Waals surface area contributed by atoms with Crippen molar-refractivity contribution in [1.82, 2.24) is 5.32 Å². The van der Waals surface area contributed by atoms with Gasteiger partial charge in [-0.25, -0.2) is 0 Å². The molecule has 1 heteroatoms. The maximum atomic E-state index is 4.00. The first-order chi connectivity index (χ1) is 6.97. The number of hydrogen-bond donors (Lipinski definition) is 1. The van der Waals surface area contributed by atoms with Gasteiger partial charge in [-0.3, -0.25) is 0 Å². The molecule has 0 spiro atoms. The highest BCUT2D eigenvalue weighted by Gasteiger charge is 2.26. The maximum Gasteiger partial charge on any atom is -0.00179 e. The van der Waals surface area contributed by atoms with E-state index in [0.29, 0.717) is 0 Å². The average molecular weight is 195 g/mol. The number of terminal acetylenes is 1. The predicted molar refractivity (Wildman–Crippen MR) is 64.2 cm³/mol. The normalized spacial score (nSPS) is 29.7. The van der Waals surface area contributed by atoms with Crippen LogP contribution in [0.4, 0.5) is 0 Å². The summed E-state index contributed by atoms with van der Waals surface area (Å²) in [4.78, 5) is 0. The largest absolute Gasteiger partial charge is 0.316 e. The number of rotatable bonds is 0. The van der Waals surface area contributed by atoms with Crippen molar-refractivity contribution in [2.45, 2.75) is 46.0 Å². The number of fused-ring (bicyclic) bond motifs is 1. The van der Waals surface area contributed by atoms with Crippen molar-refractivity contribution in [3.63, 3.8) is 0 Å². The lowest BCUT2D eigenvalue weighted by molar-refractivity contribution is 0.185. The van der Waals surface area contributed by atoms with Crippen molar-refractivity contribution < 1.29 is 0 Å². The van der Waals surface area contributed by atoms with E-state index in [9.17, 15) is 0 Å². The molecule has 2 atom stereocenters. The Kier molecular flexibility index (Phi) is 8.78. The van der Waals surface area contributed by atoms with Gasteiger partial charge in [-0.2, -0.15) is 0 Å². The highest BCUT2D eigenvalue weighted by molar-refractivity contribution is 4.81. The van der Waals surface area contributed by atoms with Crippen molar-refractivity contribution in [2.24, 2.45) is 11.8 Å². The van der Waals surface area contributed by atoms with Gasteiger partial charge in [0.15, 0.2) is 0 Å². The molecule has 0 bridgehead atoms. The second-order valence-corrected chi connectivity index (χ2v) is 3.80. The van der Waals surface area contributed by atoms with Crippen LogP contribution in [0, 0.1) is 24.7 Å². The van der Waals surface area contributed by atoms with Crippen molar-refractivity contribution in [3.05, 3.63) is 0 Å². The van der Waals surface area contributed by atoms with E-state index in [1.807, 2.05) is 13.8 Å². The zero-order valence-electron chi connectivity index (χ0n) is 9.76. The summed E-state index contributed by atoms with van der Waals surface area (Å²) in [6.45, 7) is 6.59. The molecule has 0 aromatic rings. The van der Waals surface area contributed by atoms with E-state index in [1.54, 1.807) is 0 Å². The van der Waals surface area contributed by atoms with Gasteiger partial charge < -0.3 is 5.32 Å². The summed E-state index contributed by atoms with van der Waals surface area (Å²) in [7, 11) is 0. The smallest absolute Gasteiger partial charge is 0.00179 e. The summed E-state index contributed by atoms with van der Waals surface area (Å²) in [6, 6.07) is 0. The van der Waals surface area contributed by atoms with Crippen LogP contribution in [0.25, 0.3) is 0 Å². The molecule has 2 unspecified atom stereocenters. The second-order valence-electron chi connectivity index (χ2n) is 3.80. The molecule has 1 nitrogen and oxygen atoms in total. The monoisotopic (exact) mass is 195 g/mol. The van der Waals surface area contributed by atoms with Crippen LogP contribution < -0.4 is 5.32 Å². The Bertz CT molecular complexity index is 113. The molecule has 1 N–H and O–H groups in total. The second kappa shape index (κ2) is 9.09. The van der Waals surface area contributed by atoms with E-state index in [2.05, 4.69) is 18.2 Å². The SMILES string of the molecule is C#C.C1CCC2CNCCC2C1.CC. The van der Waals surface area contributed by atoms with Gasteiger partial charge in [0.25, 0.3) is 0 Å². The molecular weight excluding hydrogens is 170 g/mol. The van der Waals surface area contributed by atoms with Crippen molar-refractivity contribution in [3.8, 4) is 12.8 Å². The first kappa shape index (κ1) is 13.5. The van der Waals surface area contributed by atoms with Crippen LogP contribution in [0.2, 0.25) is 0 Å². The van der Waals surface area contributed by atoms with E-state index in [4.69, 9.17) is 0 Å². The van der Waals surface area contributed by atoms with E-state index in [0.717, 1.165) is 11.8 Å². The Morgan fingerprint density at radius 1 is 0.929 bits per heavy atom. The lowest BCUT2D eigenvalue weighted by atomic mass is 9.76. The van der Waals surface area contributed by atoms with Crippen molar-refractivity contribution in [2.75, 3.05) is 13.1 Å². The van der Waals surface area contributed by atoms with E-state index >= 15 is 0 Å². The summed E-state index contributed by atoms with van der Waals surface area (Å²) < 4.78 is 0. The van der Waals surface area contributed by atoms with Crippen LogP contribution in [0.1, 0.15) is 46.0 Å². The lowest BCUT2D eigenvalue weighted by Gasteiger charge is -2.35. The lowest BCUT2D eigenvalue weighted by Crippen LogP contribution is -2.38. The molecule has 0 amide bonds. The Hall–Kier alpha value is -0.480. The molecule has 0 aromatic heterocycles. The quantitative estimate of drug-likeness (QED) is 0.586. The van der Waals surface area contributed by atoms with E-state index in [-0.39, 0.29) is 0 Å². The topological polar surface area (TPSA) is 12.0 Å². The van der Waals surface area contributed by atoms with Crippen LogP contribution in [0.5, 0.6) is 0 Å². The highest BCUT2D eigenvalue weighted by Crippen LogP contribution is 2.33. The van der Waals surface area contributed by atoms with Gasteiger partial charge in [0, 0.05) is 0 Å². The van der Waals surface area contributed by atoms with Crippen molar-refractivity contribution >= 4 is 0 Å². The Balaban J connectivity index is 0.000000379. The number of hydrogen-bond acceptors (Lipinski definition) is 1. The summed E-state index contributed by atoms with van der Waals surface area (Å²) in [5.41, 5.74) is 0. The summed E-state index contributed by atoms with van der Waals surface area (Å²) in [5, 5.41) is 3.48. The van der Waals surface area contributed by atoms with Gasteiger partial charge >= 0.3 is 0 Å². The fraction of sp³-hybridized carbons (Fsp3) is 0.846. The van der Waals surface area contributed by atoms with Gasteiger partial charge in [-0.05, 0) is 37.8 Å². The first-order valence-electron chi connectivity index (χ1n) is 6.01. The molecule has 2 aliphatic rings. The van der Waals surface area contributed by atoms with Gasteiger partial charge in [0.1, 0.15) is 0 Å². The van der Waals surface area contributed by atoms with E-state index < -0.39 is 0 Å². The molecule has 0 radical (unpaired) electrons. The van der Waals surface area contributed by atoms with Crippen LogP contribution >= 0.6 is 0 Å². The first-order valence-corrected chi connectivity index (χ1v) is 6.01. The summed E-state index contributed by atoms with van der Waals surface area (Å²) in [5.74, 6) is 2.14. The minimum atomic E-state index is 1.04.